The van der Waals surface area contributed by atoms with Gasteiger partial charge in [0.25, 0.3) is 0 Å². The van der Waals surface area contributed by atoms with E-state index in [1.807, 2.05) is 13.0 Å². The topological polar surface area (TPSA) is 58.6 Å². The van der Waals surface area contributed by atoms with Crippen LogP contribution in [0.15, 0.2) is 24.3 Å². The highest BCUT2D eigenvalue weighted by molar-refractivity contribution is 5.79. The fourth-order valence-electron chi connectivity index (χ4n) is 2.76. The molecule has 0 saturated carbocycles. The summed E-state index contributed by atoms with van der Waals surface area (Å²) in [5, 5.41) is 2.80. The smallest absolute Gasteiger partial charge is 0.246 e. The highest BCUT2D eigenvalue weighted by Crippen LogP contribution is 2.17. The molecule has 0 aliphatic carbocycles. The summed E-state index contributed by atoms with van der Waals surface area (Å²) in [7, 11) is 0. The van der Waals surface area contributed by atoms with Crippen molar-refractivity contribution in [2.24, 2.45) is 0 Å². The van der Waals surface area contributed by atoms with Crippen LogP contribution in [0.2, 0.25) is 0 Å². The largest absolute Gasteiger partial charge is 0.372 e. The Kier molecular flexibility index (Phi) is 6.52. The van der Waals surface area contributed by atoms with Crippen LogP contribution in [0.3, 0.4) is 0 Å². The second kappa shape index (κ2) is 8.62. The summed E-state index contributed by atoms with van der Waals surface area (Å²) in [4.78, 5) is 25.5. The van der Waals surface area contributed by atoms with Crippen LogP contribution in [0, 0.1) is 5.82 Å². The van der Waals surface area contributed by atoms with E-state index in [1.165, 1.54) is 12.1 Å². The third kappa shape index (κ3) is 5.32. The zero-order valence-electron chi connectivity index (χ0n) is 13.4. The number of nitrogens with zero attached hydrogens (tertiary/aromatic N) is 1. The van der Waals surface area contributed by atoms with Crippen molar-refractivity contribution in [3.05, 3.63) is 35.6 Å². The predicted molar refractivity (Wildman–Crippen MR) is 84.3 cm³/mol. The molecule has 1 aliphatic heterocycles. The van der Waals surface area contributed by atoms with Gasteiger partial charge in [-0.2, -0.15) is 0 Å². The zero-order valence-corrected chi connectivity index (χ0v) is 13.4. The van der Waals surface area contributed by atoms with Crippen LogP contribution < -0.4 is 5.32 Å². The van der Waals surface area contributed by atoms with Gasteiger partial charge in [-0.1, -0.05) is 12.1 Å². The molecule has 1 heterocycles. The Labute approximate surface area is 135 Å². The molecule has 0 spiro atoms. The minimum absolute atomic E-state index is 0.0110. The monoisotopic (exact) mass is 322 g/mol. The molecule has 1 aromatic carbocycles. The molecule has 6 heteroatoms. The lowest BCUT2D eigenvalue weighted by Gasteiger charge is -2.28. The van der Waals surface area contributed by atoms with E-state index in [0.717, 1.165) is 12.0 Å². The third-order valence-corrected chi connectivity index (χ3v) is 3.88. The summed E-state index contributed by atoms with van der Waals surface area (Å²) in [5.41, 5.74) is 0.814. The van der Waals surface area contributed by atoms with E-state index in [-0.39, 0.29) is 30.3 Å². The maximum atomic E-state index is 13.4. The van der Waals surface area contributed by atoms with Gasteiger partial charge in [0.15, 0.2) is 0 Å². The van der Waals surface area contributed by atoms with Gasteiger partial charge in [-0.3, -0.25) is 9.59 Å². The Morgan fingerprint density at radius 2 is 2.30 bits per heavy atom. The van der Waals surface area contributed by atoms with Crippen molar-refractivity contribution in [3.63, 3.8) is 0 Å². The lowest BCUT2D eigenvalue weighted by atomic mass is 10.0. The SMILES string of the molecule is CCOCC(=O)NC[C@H](Cc1cccc(F)c1)N1CCCC1=O. The number of nitrogens with one attached hydrogen (secondary N) is 1. The second-order valence-corrected chi connectivity index (χ2v) is 5.62. The molecule has 1 aromatic rings. The van der Waals surface area contributed by atoms with E-state index in [2.05, 4.69) is 5.32 Å². The van der Waals surface area contributed by atoms with E-state index in [0.29, 0.717) is 32.5 Å². The average Bonchev–Trinajstić information content (AvgIpc) is 2.95. The van der Waals surface area contributed by atoms with Crippen LogP contribution in [-0.2, 0) is 20.7 Å². The Balaban J connectivity index is 2.00. The molecule has 1 fully saturated rings. The molecular weight excluding hydrogens is 299 g/mol. The van der Waals surface area contributed by atoms with Gasteiger partial charge in [-0.25, -0.2) is 4.39 Å². The first kappa shape index (κ1) is 17.4. The van der Waals surface area contributed by atoms with Gasteiger partial charge in [0.2, 0.25) is 11.8 Å². The molecule has 0 aromatic heterocycles. The molecule has 0 unspecified atom stereocenters. The van der Waals surface area contributed by atoms with E-state index < -0.39 is 0 Å². The molecule has 1 N–H and O–H groups in total. The third-order valence-electron chi connectivity index (χ3n) is 3.88. The van der Waals surface area contributed by atoms with Crippen molar-refractivity contribution < 1.29 is 18.7 Å². The van der Waals surface area contributed by atoms with Crippen molar-refractivity contribution >= 4 is 11.8 Å². The molecule has 0 radical (unpaired) electrons. The Morgan fingerprint density at radius 3 is 2.96 bits per heavy atom. The van der Waals surface area contributed by atoms with Gasteiger partial charge in [0, 0.05) is 26.1 Å². The molecule has 2 amide bonds. The molecule has 1 aliphatic rings. The number of carbonyl (C=O) groups is 2. The molecule has 0 bridgehead atoms. The van der Waals surface area contributed by atoms with Gasteiger partial charge < -0.3 is 15.0 Å². The number of hydrogen-bond acceptors (Lipinski definition) is 3. The van der Waals surface area contributed by atoms with E-state index in [4.69, 9.17) is 4.74 Å². The number of carbonyl (C=O) groups excluding carboxylic acids is 2. The fourth-order valence-corrected chi connectivity index (χ4v) is 2.76. The summed E-state index contributed by atoms with van der Waals surface area (Å²) in [5.74, 6) is -0.414. The molecule has 126 valence electrons. The Morgan fingerprint density at radius 1 is 1.48 bits per heavy atom. The fraction of sp³-hybridized carbons (Fsp3) is 0.529. The van der Waals surface area contributed by atoms with Crippen LogP contribution >= 0.6 is 0 Å². The first-order valence-electron chi connectivity index (χ1n) is 7.98. The number of halogens is 1. The number of ether oxygens (including phenoxy) is 1. The van der Waals surface area contributed by atoms with Crippen molar-refractivity contribution in [1.29, 1.82) is 0 Å². The van der Waals surface area contributed by atoms with E-state index in [9.17, 15) is 14.0 Å². The maximum Gasteiger partial charge on any atom is 0.246 e. The minimum atomic E-state index is -0.297. The van der Waals surface area contributed by atoms with Gasteiger partial charge in [0.1, 0.15) is 12.4 Å². The summed E-state index contributed by atoms with van der Waals surface area (Å²) >= 11 is 0. The van der Waals surface area contributed by atoms with Gasteiger partial charge in [0.05, 0.1) is 6.04 Å². The lowest BCUT2D eigenvalue weighted by molar-refractivity contribution is -0.131. The number of amides is 2. The molecule has 2 rings (SSSR count). The van der Waals surface area contributed by atoms with Crippen LogP contribution in [-0.4, -0.2) is 49.1 Å². The molecule has 1 saturated heterocycles. The van der Waals surface area contributed by atoms with Crippen molar-refractivity contribution in [2.45, 2.75) is 32.2 Å². The van der Waals surface area contributed by atoms with E-state index in [1.54, 1.807) is 11.0 Å². The minimum Gasteiger partial charge on any atom is -0.372 e. The molecule has 23 heavy (non-hydrogen) atoms. The Bertz CT molecular complexity index is 550. The molecule has 1 atom stereocenters. The van der Waals surface area contributed by atoms with Crippen LogP contribution in [0.4, 0.5) is 4.39 Å². The van der Waals surface area contributed by atoms with Crippen LogP contribution in [0.5, 0.6) is 0 Å². The van der Waals surface area contributed by atoms with Crippen molar-refractivity contribution in [2.75, 3.05) is 26.3 Å². The highest BCUT2D eigenvalue weighted by atomic mass is 19.1. The normalized spacial score (nSPS) is 15.7. The second-order valence-electron chi connectivity index (χ2n) is 5.62. The standard InChI is InChI=1S/C17H23FN2O3/c1-2-23-12-16(21)19-11-15(20-8-4-7-17(20)22)10-13-5-3-6-14(18)9-13/h3,5-6,9,15H,2,4,7-8,10-12H2,1H3,(H,19,21)/t15-/m0/s1. The van der Waals surface area contributed by atoms with Gasteiger partial charge >= 0.3 is 0 Å². The predicted octanol–water partition coefficient (Wildman–Crippen LogP) is 1.51. The summed E-state index contributed by atoms with van der Waals surface area (Å²) in [6.45, 7) is 3.33. The summed E-state index contributed by atoms with van der Waals surface area (Å²) in [6, 6.07) is 6.18. The lowest BCUT2D eigenvalue weighted by Crippen LogP contribution is -2.46. The molecular formula is C17H23FN2O3. The van der Waals surface area contributed by atoms with Gasteiger partial charge in [-0.15, -0.1) is 0 Å². The first-order valence-corrected chi connectivity index (χ1v) is 7.98. The van der Waals surface area contributed by atoms with Crippen molar-refractivity contribution in [1.82, 2.24) is 10.2 Å². The Hall–Kier alpha value is -1.95. The first-order chi connectivity index (χ1) is 11.1. The summed E-state index contributed by atoms with van der Waals surface area (Å²) in [6.07, 6.45) is 1.87. The van der Waals surface area contributed by atoms with Crippen LogP contribution in [0.25, 0.3) is 0 Å². The van der Waals surface area contributed by atoms with Gasteiger partial charge in [-0.05, 0) is 37.5 Å². The number of likely N-dealkylation sites (tertiary alicyclic amines) is 1. The number of rotatable bonds is 8. The number of hydrogen-bond donors (Lipinski definition) is 1. The quantitative estimate of drug-likeness (QED) is 0.789. The zero-order chi connectivity index (χ0) is 16.7. The van der Waals surface area contributed by atoms with Crippen LogP contribution in [0.1, 0.15) is 25.3 Å². The highest BCUT2D eigenvalue weighted by Gasteiger charge is 2.28. The number of benzene rings is 1. The maximum absolute atomic E-state index is 13.4. The molecule has 5 nitrogen and oxygen atoms in total. The van der Waals surface area contributed by atoms with Crippen molar-refractivity contribution in [3.8, 4) is 0 Å². The van der Waals surface area contributed by atoms with E-state index >= 15 is 0 Å². The average molecular weight is 322 g/mol. The summed E-state index contributed by atoms with van der Waals surface area (Å²) < 4.78 is 18.4.